The number of pyridine rings is 1. The topological polar surface area (TPSA) is 72.5 Å². The second-order valence-corrected chi connectivity index (χ2v) is 9.53. The molecule has 0 bridgehead atoms. The molecular formula is C27H27N5O3. The number of nitrogens with zero attached hydrogens (tertiary/aromatic N) is 5. The molecule has 2 aliphatic rings. The normalized spacial score (nSPS) is 15.0. The van der Waals surface area contributed by atoms with Crippen LogP contribution in [0.25, 0.3) is 16.7 Å². The van der Waals surface area contributed by atoms with Gasteiger partial charge >= 0.3 is 5.69 Å². The number of benzene rings is 2. The fourth-order valence-corrected chi connectivity index (χ4v) is 5.18. The maximum Gasteiger partial charge on any atom is 0.337 e. The number of rotatable bonds is 4. The first-order chi connectivity index (χ1) is 16.9. The van der Waals surface area contributed by atoms with E-state index in [1.807, 2.05) is 48.3 Å². The predicted octanol–water partition coefficient (Wildman–Crippen LogP) is 2.95. The monoisotopic (exact) mass is 469 g/mol. The average molecular weight is 470 g/mol. The Morgan fingerprint density at radius 2 is 1.69 bits per heavy atom. The number of aromatic nitrogens is 3. The van der Waals surface area contributed by atoms with Gasteiger partial charge in [0.2, 0.25) is 0 Å². The number of likely N-dealkylation sites (N-methyl/N-ethyl adjacent to an activating group) is 1. The van der Waals surface area contributed by atoms with Gasteiger partial charge in [-0.3, -0.25) is 18.7 Å². The van der Waals surface area contributed by atoms with E-state index in [-0.39, 0.29) is 17.2 Å². The molecule has 8 nitrogen and oxygen atoms in total. The number of hydrogen-bond donors (Lipinski definition) is 0. The van der Waals surface area contributed by atoms with Gasteiger partial charge in [-0.1, -0.05) is 18.2 Å². The van der Waals surface area contributed by atoms with Crippen molar-refractivity contribution in [3.63, 3.8) is 0 Å². The lowest BCUT2D eigenvalue weighted by Gasteiger charge is -2.24. The van der Waals surface area contributed by atoms with Gasteiger partial charge in [0.05, 0.1) is 11.4 Å². The molecule has 0 N–H and O–H groups in total. The fraction of sp³-hybridized carbons (Fsp3) is 0.296. The van der Waals surface area contributed by atoms with Crippen LogP contribution in [0.4, 0.5) is 17.1 Å². The zero-order chi connectivity index (χ0) is 24.4. The maximum absolute atomic E-state index is 13.9. The third kappa shape index (κ3) is 3.24. The van der Waals surface area contributed by atoms with Crippen LogP contribution in [-0.2, 0) is 13.5 Å². The average Bonchev–Trinajstić information content (AvgIpc) is 3.63. The van der Waals surface area contributed by atoms with Crippen molar-refractivity contribution < 1.29 is 0 Å². The van der Waals surface area contributed by atoms with Crippen molar-refractivity contribution >= 4 is 28.1 Å². The zero-order valence-corrected chi connectivity index (χ0v) is 20.1. The summed E-state index contributed by atoms with van der Waals surface area (Å²) in [4.78, 5) is 44.8. The molecule has 8 heteroatoms. The van der Waals surface area contributed by atoms with E-state index in [0.29, 0.717) is 22.4 Å². The van der Waals surface area contributed by atoms with Crippen molar-refractivity contribution in [3.05, 3.63) is 91.4 Å². The summed E-state index contributed by atoms with van der Waals surface area (Å²) in [6.07, 6.45) is 2.54. The Kier molecular flexibility index (Phi) is 4.74. The van der Waals surface area contributed by atoms with E-state index >= 15 is 0 Å². The molecule has 1 aliphatic heterocycles. The number of hydrogen-bond acceptors (Lipinski definition) is 5. The van der Waals surface area contributed by atoms with Crippen LogP contribution >= 0.6 is 0 Å². The highest BCUT2D eigenvalue weighted by Crippen LogP contribution is 2.36. The third-order valence-corrected chi connectivity index (χ3v) is 7.30. The van der Waals surface area contributed by atoms with Crippen LogP contribution in [0.3, 0.4) is 0 Å². The van der Waals surface area contributed by atoms with Gasteiger partial charge in [-0.15, -0.1) is 0 Å². The molecule has 0 amide bonds. The number of aryl methyl sites for hydroxylation is 1. The first-order valence-corrected chi connectivity index (χ1v) is 11.9. The van der Waals surface area contributed by atoms with Crippen LogP contribution in [0.1, 0.15) is 24.4 Å². The Morgan fingerprint density at radius 3 is 2.40 bits per heavy atom. The summed E-state index contributed by atoms with van der Waals surface area (Å²) in [5.74, 6) is 0. The fourth-order valence-electron chi connectivity index (χ4n) is 5.18. The standard InChI is InChI=1S/C27H27N5O3/c1-28-14-13-17-15-20(11-12-21(17)28)29(2)22-16-23(33)30(3)25-24(22)26(34)32(19-9-10-19)27(35)31(25)18-7-5-4-6-8-18/h4-8,11-12,15-16,19H,9-10,13-14H2,1-3H3. The van der Waals surface area contributed by atoms with E-state index in [2.05, 4.69) is 24.1 Å². The third-order valence-electron chi connectivity index (χ3n) is 7.30. The summed E-state index contributed by atoms with van der Waals surface area (Å²) in [5.41, 5.74) is 3.71. The van der Waals surface area contributed by atoms with Gasteiger partial charge in [-0.2, -0.15) is 0 Å². The molecule has 6 rings (SSSR count). The van der Waals surface area contributed by atoms with Gasteiger partial charge in [0.15, 0.2) is 0 Å². The van der Waals surface area contributed by atoms with E-state index in [0.717, 1.165) is 31.5 Å². The Morgan fingerprint density at radius 1 is 0.943 bits per heavy atom. The van der Waals surface area contributed by atoms with E-state index in [4.69, 9.17) is 0 Å². The minimum atomic E-state index is -0.411. The Bertz CT molecular complexity index is 1660. The van der Waals surface area contributed by atoms with Crippen LogP contribution in [0.5, 0.6) is 0 Å². The molecule has 0 spiro atoms. The van der Waals surface area contributed by atoms with E-state index in [9.17, 15) is 14.4 Å². The molecule has 3 heterocycles. The van der Waals surface area contributed by atoms with Crippen LogP contribution in [0.2, 0.25) is 0 Å². The second kappa shape index (κ2) is 7.73. The first-order valence-electron chi connectivity index (χ1n) is 11.9. The highest BCUT2D eigenvalue weighted by atomic mass is 16.2. The molecule has 2 aromatic carbocycles. The van der Waals surface area contributed by atoms with Gasteiger partial charge in [-0.05, 0) is 55.2 Å². The van der Waals surface area contributed by atoms with Crippen molar-refractivity contribution in [2.24, 2.45) is 7.05 Å². The highest BCUT2D eigenvalue weighted by molar-refractivity contribution is 5.92. The number of anilines is 3. The lowest BCUT2D eigenvalue weighted by Crippen LogP contribution is -2.41. The van der Waals surface area contributed by atoms with Gasteiger partial charge in [-0.25, -0.2) is 9.36 Å². The lowest BCUT2D eigenvalue weighted by molar-refractivity contribution is 0.637. The molecule has 2 aromatic heterocycles. The van der Waals surface area contributed by atoms with Crippen LogP contribution in [-0.4, -0.2) is 34.3 Å². The Hall–Kier alpha value is -4.07. The van der Waals surface area contributed by atoms with Gasteiger partial charge in [0.25, 0.3) is 11.1 Å². The minimum Gasteiger partial charge on any atom is -0.374 e. The van der Waals surface area contributed by atoms with Gasteiger partial charge < -0.3 is 9.80 Å². The lowest BCUT2D eigenvalue weighted by atomic mass is 10.1. The quantitative estimate of drug-likeness (QED) is 0.460. The largest absolute Gasteiger partial charge is 0.374 e. The van der Waals surface area contributed by atoms with Crippen molar-refractivity contribution in [2.45, 2.75) is 25.3 Å². The van der Waals surface area contributed by atoms with Crippen molar-refractivity contribution in [1.82, 2.24) is 13.7 Å². The highest BCUT2D eigenvalue weighted by Gasteiger charge is 2.31. The zero-order valence-electron chi connectivity index (χ0n) is 20.1. The molecule has 178 valence electrons. The van der Waals surface area contributed by atoms with Gasteiger partial charge in [0.1, 0.15) is 11.0 Å². The summed E-state index contributed by atoms with van der Waals surface area (Å²) in [6, 6.07) is 16.8. The van der Waals surface area contributed by atoms with Crippen LogP contribution in [0.15, 0.2) is 69.0 Å². The molecule has 0 saturated heterocycles. The first kappa shape index (κ1) is 21.5. The summed E-state index contributed by atoms with van der Waals surface area (Å²) >= 11 is 0. The molecule has 4 aromatic rings. The summed E-state index contributed by atoms with van der Waals surface area (Å²) in [5, 5.41) is 0.363. The summed E-state index contributed by atoms with van der Waals surface area (Å²) in [7, 11) is 5.56. The molecule has 35 heavy (non-hydrogen) atoms. The van der Waals surface area contributed by atoms with Gasteiger partial charge in [0, 0.05) is 51.2 Å². The molecule has 1 saturated carbocycles. The minimum absolute atomic E-state index is 0.111. The number of fused-ring (bicyclic) bond motifs is 2. The summed E-state index contributed by atoms with van der Waals surface area (Å²) in [6.45, 7) is 0.965. The van der Waals surface area contributed by atoms with Crippen molar-refractivity contribution in [3.8, 4) is 5.69 Å². The van der Waals surface area contributed by atoms with Crippen LogP contribution in [0, 0.1) is 0 Å². The summed E-state index contributed by atoms with van der Waals surface area (Å²) < 4.78 is 4.28. The van der Waals surface area contributed by atoms with E-state index < -0.39 is 5.69 Å². The smallest absolute Gasteiger partial charge is 0.337 e. The van der Waals surface area contributed by atoms with Crippen molar-refractivity contribution in [2.75, 3.05) is 30.4 Å². The van der Waals surface area contributed by atoms with Crippen LogP contribution < -0.4 is 26.6 Å². The molecular weight excluding hydrogens is 442 g/mol. The molecule has 1 aliphatic carbocycles. The second-order valence-electron chi connectivity index (χ2n) is 9.53. The predicted molar refractivity (Wildman–Crippen MR) is 139 cm³/mol. The van der Waals surface area contributed by atoms with E-state index in [1.54, 1.807) is 7.05 Å². The maximum atomic E-state index is 13.9. The molecule has 0 radical (unpaired) electrons. The number of para-hydroxylation sites is 1. The van der Waals surface area contributed by atoms with Crippen molar-refractivity contribution in [1.29, 1.82) is 0 Å². The molecule has 0 atom stereocenters. The van der Waals surface area contributed by atoms with E-state index in [1.165, 1.54) is 31.0 Å². The molecule has 1 fully saturated rings. The SMILES string of the molecule is CN1CCc2cc(N(C)c3cc(=O)n(C)c4c3c(=O)n(C3CC3)c(=O)n4-c3ccccc3)ccc21. The Labute approximate surface area is 201 Å². The molecule has 0 unspecified atom stereocenters. The Balaban J connectivity index is 1.68.